The van der Waals surface area contributed by atoms with Gasteiger partial charge in [0.25, 0.3) is 5.91 Å². The van der Waals surface area contributed by atoms with Crippen LogP contribution < -0.4 is 5.32 Å². The topological polar surface area (TPSA) is 71.2 Å². The van der Waals surface area contributed by atoms with Gasteiger partial charge in [-0.15, -0.1) is 0 Å². The number of para-hydroxylation sites is 1. The van der Waals surface area contributed by atoms with Gasteiger partial charge >= 0.3 is 5.97 Å². The summed E-state index contributed by atoms with van der Waals surface area (Å²) < 4.78 is 5.24. The number of anilines is 1. The Bertz CT molecular complexity index is 948. The summed E-state index contributed by atoms with van der Waals surface area (Å²) in [5, 5.41) is 4.38. The first kappa shape index (κ1) is 18.3. The van der Waals surface area contributed by atoms with Crippen LogP contribution in [0.15, 0.2) is 48.7 Å². The largest absolute Gasteiger partial charge is 0.452 e. The number of amides is 1. The van der Waals surface area contributed by atoms with Crippen LogP contribution in [0.2, 0.25) is 10.0 Å². The van der Waals surface area contributed by atoms with Crippen molar-refractivity contribution in [3.8, 4) is 0 Å². The molecule has 1 heterocycles. The first-order chi connectivity index (χ1) is 12.4. The molecule has 1 aromatic heterocycles. The normalized spacial score (nSPS) is 12.0. The van der Waals surface area contributed by atoms with E-state index in [2.05, 4.69) is 10.3 Å². The summed E-state index contributed by atoms with van der Waals surface area (Å²) in [6.07, 6.45) is 0.889. The number of esters is 1. The molecule has 134 valence electrons. The maximum Gasteiger partial charge on any atom is 0.311 e. The van der Waals surface area contributed by atoms with Crippen molar-refractivity contribution in [3.63, 3.8) is 0 Å². The molecule has 3 rings (SSSR count). The predicted octanol–water partition coefficient (Wildman–Crippen LogP) is 4.59. The molecule has 1 amide bonds. The van der Waals surface area contributed by atoms with E-state index in [4.69, 9.17) is 27.9 Å². The first-order valence-corrected chi connectivity index (χ1v) is 8.69. The van der Waals surface area contributed by atoms with Crippen LogP contribution >= 0.6 is 23.2 Å². The molecule has 2 N–H and O–H groups in total. The molecular weight excluding hydrogens is 375 g/mol. The zero-order valence-electron chi connectivity index (χ0n) is 13.9. The van der Waals surface area contributed by atoms with E-state index in [1.54, 1.807) is 24.4 Å². The number of fused-ring (bicyclic) bond motifs is 1. The minimum Gasteiger partial charge on any atom is -0.452 e. The van der Waals surface area contributed by atoms with Crippen molar-refractivity contribution in [1.29, 1.82) is 0 Å². The predicted molar refractivity (Wildman–Crippen MR) is 103 cm³/mol. The number of rotatable bonds is 5. The molecular formula is C19H16Cl2N2O3. The highest BCUT2D eigenvalue weighted by Gasteiger charge is 2.19. The van der Waals surface area contributed by atoms with Crippen LogP contribution in [0.4, 0.5) is 5.69 Å². The van der Waals surface area contributed by atoms with E-state index in [0.29, 0.717) is 15.7 Å². The van der Waals surface area contributed by atoms with Crippen LogP contribution in [0.5, 0.6) is 0 Å². The van der Waals surface area contributed by atoms with Crippen LogP contribution in [0.3, 0.4) is 0 Å². The minimum absolute atomic E-state index is 0.0740. The van der Waals surface area contributed by atoms with Gasteiger partial charge in [0.05, 0.1) is 6.42 Å². The van der Waals surface area contributed by atoms with E-state index in [0.717, 1.165) is 16.5 Å². The molecule has 0 bridgehead atoms. The van der Waals surface area contributed by atoms with Gasteiger partial charge in [-0.25, -0.2) is 0 Å². The van der Waals surface area contributed by atoms with Crippen LogP contribution in [0.1, 0.15) is 12.5 Å². The van der Waals surface area contributed by atoms with Gasteiger partial charge in [0.1, 0.15) is 0 Å². The third kappa shape index (κ3) is 4.36. The number of nitrogens with one attached hydrogen (secondary N) is 2. The van der Waals surface area contributed by atoms with Crippen molar-refractivity contribution in [2.24, 2.45) is 0 Å². The number of ether oxygens (including phenoxy) is 1. The summed E-state index contributed by atoms with van der Waals surface area (Å²) in [5.74, 6) is -0.947. The Morgan fingerprint density at radius 1 is 1.15 bits per heavy atom. The number of aromatic amines is 1. The Balaban J connectivity index is 1.60. The summed E-state index contributed by atoms with van der Waals surface area (Å²) in [7, 11) is 0. The summed E-state index contributed by atoms with van der Waals surface area (Å²) in [6.45, 7) is 1.51. The minimum atomic E-state index is -0.953. The molecule has 3 aromatic rings. The van der Waals surface area contributed by atoms with Crippen molar-refractivity contribution in [2.45, 2.75) is 19.4 Å². The maximum absolute atomic E-state index is 12.2. The Labute approximate surface area is 160 Å². The van der Waals surface area contributed by atoms with Crippen molar-refractivity contribution in [1.82, 2.24) is 4.98 Å². The van der Waals surface area contributed by atoms with Crippen LogP contribution in [0.25, 0.3) is 10.9 Å². The standard InChI is InChI=1S/C19H16Cl2N2O3/c1-11(19(25)23-15-8-13(20)7-14(21)9-15)26-18(24)6-12-10-22-17-5-3-2-4-16(12)17/h2-5,7-11,22H,6H2,1H3,(H,23,25)/t11-/m0/s1. The Morgan fingerprint density at radius 2 is 1.85 bits per heavy atom. The quantitative estimate of drug-likeness (QED) is 0.625. The number of carbonyl (C=O) groups is 2. The highest BCUT2D eigenvalue weighted by Crippen LogP contribution is 2.23. The number of hydrogen-bond acceptors (Lipinski definition) is 3. The first-order valence-electron chi connectivity index (χ1n) is 7.94. The average Bonchev–Trinajstić information content (AvgIpc) is 2.97. The highest BCUT2D eigenvalue weighted by molar-refractivity contribution is 6.35. The lowest BCUT2D eigenvalue weighted by molar-refractivity contribution is -0.152. The Morgan fingerprint density at radius 3 is 2.58 bits per heavy atom. The summed E-state index contributed by atoms with van der Waals surface area (Å²) in [6, 6.07) is 12.3. The van der Waals surface area contributed by atoms with Gasteiger partial charge in [0, 0.05) is 32.8 Å². The lowest BCUT2D eigenvalue weighted by atomic mass is 10.1. The van der Waals surface area contributed by atoms with Crippen molar-refractivity contribution < 1.29 is 14.3 Å². The van der Waals surface area contributed by atoms with E-state index in [9.17, 15) is 9.59 Å². The molecule has 7 heteroatoms. The number of hydrogen-bond donors (Lipinski definition) is 2. The molecule has 1 atom stereocenters. The van der Waals surface area contributed by atoms with Gasteiger partial charge in [-0.3, -0.25) is 9.59 Å². The van der Waals surface area contributed by atoms with E-state index in [1.165, 1.54) is 6.92 Å². The van der Waals surface area contributed by atoms with Crippen LogP contribution in [0, 0.1) is 0 Å². The summed E-state index contributed by atoms with van der Waals surface area (Å²) in [5.41, 5.74) is 2.20. The molecule has 0 radical (unpaired) electrons. The van der Waals surface area contributed by atoms with Gasteiger partial charge in [-0.1, -0.05) is 41.4 Å². The second kappa shape index (κ2) is 7.81. The second-order valence-electron chi connectivity index (χ2n) is 5.82. The molecule has 0 aliphatic rings. The van der Waals surface area contributed by atoms with Gasteiger partial charge in [0.2, 0.25) is 0 Å². The molecule has 0 saturated carbocycles. The molecule has 26 heavy (non-hydrogen) atoms. The SMILES string of the molecule is C[C@H](OC(=O)Cc1c[nH]c2ccccc12)C(=O)Nc1cc(Cl)cc(Cl)c1. The average molecular weight is 391 g/mol. The molecule has 0 aliphatic heterocycles. The summed E-state index contributed by atoms with van der Waals surface area (Å²) in [4.78, 5) is 27.5. The van der Waals surface area contributed by atoms with Gasteiger partial charge in [0.15, 0.2) is 6.10 Å². The zero-order valence-corrected chi connectivity index (χ0v) is 15.4. The second-order valence-corrected chi connectivity index (χ2v) is 6.69. The fourth-order valence-corrected chi connectivity index (χ4v) is 3.12. The fraction of sp³-hybridized carbons (Fsp3) is 0.158. The number of carbonyl (C=O) groups excluding carboxylic acids is 2. The van der Waals surface area contributed by atoms with Crippen molar-refractivity contribution in [3.05, 3.63) is 64.3 Å². The van der Waals surface area contributed by atoms with E-state index >= 15 is 0 Å². The fourth-order valence-electron chi connectivity index (χ4n) is 2.60. The third-order valence-corrected chi connectivity index (χ3v) is 4.25. The van der Waals surface area contributed by atoms with Crippen molar-refractivity contribution in [2.75, 3.05) is 5.32 Å². The van der Waals surface area contributed by atoms with E-state index in [-0.39, 0.29) is 6.42 Å². The zero-order chi connectivity index (χ0) is 18.7. The van der Waals surface area contributed by atoms with Gasteiger partial charge in [-0.2, -0.15) is 0 Å². The Kier molecular flexibility index (Phi) is 5.49. The smallest absolute Gasteiger partial charge is 0.311 e. The molecule has 0 fully saturated rings. The third-order valence-electron chi connectivity index (χ3n) is 3.82. The number of halogens is 2. The van der Waals surface area contributed by atoms with Crippen molar-refractivity contribution >= 4 is 51.7 Å². The molecule has 5 nitrogen and oxygen atoms in total. The van der Waals surface area contributed by atoms with Gasteiger partial charge < -0.3 is 15.0 Å². The summed E-state index contributed by atoms with van der Waals surface area (Å²) >= 11 is 11.8. The van der Waals surface area contributed by atoms with Crippen LogP contribution in [-0.2, 0) is 20.7 Å². The number of aromatic nitrogens is 1. The molecule has 0 saturated heterocycles. The molecule has 0 aliphatic carbocycles. The number of benzene rings is 2. The maximum atomic E-state index is 12.2. The molecule has 2 aromatic carbocycles. The Hall–Kier alpha value is -2.50. The van der Waals surface area contributed by atoms with E-state index in [1.807, 2.05) is 24.3 Å². The molecule has 0 unspecified atom stereocenters. The lowest BCUT2D eigenvalue weighted by Gasteiger charge is -2.14. The number of H-pyrrole nitrogens is 1. The van der Waals surface area contributed by atoms with Gasteiger partial charge in [-0.05, 0) is 36.8 Å². The van der Waals surface area contributed by atoms with E-state index < -0.39 is 18.0 Å². The monoisotopic (exact) mass is 390 g/mol. The lowest BCUT2D eigenvalue weighted by Crippen LogP contribution is -2.30. The molecule has 0 spiro atoms. The highest BCUT2D eigenvalue weighted by atomic mass is 35.5. The van der Waals surface area contributed by atoms with Crippen LogP contribution in [-0.4, -0.2) is 23.0 Å².